The minimum atomic E-state index is -1.30. The van der Waals surface area contributed by atoms with E-state index < -0.39 is 17.1 Å². The topological polar surface area (TPSA) is 77.8 Å². The number of carboxylic acid groups (broad SMARTS) is 1. The lowest BCUT2D eigenvalue weighted by Gasteiger charge is -2.35. The molecule has 0 aromatic heterocycles. The van der Waals surface area contributed by atoms with Gasteiger partial charge in [0, 0.05) is 18.0 Å². The summed E-state index contributed by atoms with van der Waals surface area (Å²) in [6, 6.07) is 12.8. The first-order chi connectivity index (χ1) is 17.3. The summed E-state index contributed by atoms with van der Waals surface area (Å²) in [5.41, 5.74) is 4.37. The number of hydrogen-bond acceptors (Lipinski definition) is 3. The number of amides is 1. The summed E-state index contributed by atoms with van der Waals surface area (Å²) < 4.78 is 0. The fourth-order valence-corrected chi connectivity index (χ4v) is 5.94. The van der Waals surface area contributed by atoms with Crippen molar-refractivity contribution in [2.24, 2.45) is 0 Å². The van der Waals surface area contributed by atoms with Gasteiger partial charge in [0.1, 0.15) is 5.54 Å². The van der Waals surface area contributed by atoms with Crippen LogP contribution in [0.15, 0.2) is 36.4 Å². The molecule has 0 aliphatic heterocycles. The number of carbonyl (C=O) groups excluding carboxylic acids is 1. The highest BCUT2D eigenvalue weighted by Crippen LogP contribution is 2.41. The molecule has 5 nitrogen and oxygen atoms in total. The van der Waals surface area contributed by atoms with E-state index in [0.717, 1.165) is 56.9 Å². The summed E-state index contributed by atoms with van der Waals surface area (Å²) in [7, 11) is 1.54. The first-order valence-corrected chi connectivity index (χ1v) is 13.8. The number of rotatable bonds is 10. The van der Waals surface area contributed by atoms with E-state index in [1.807, 2.05) is 19.1 Å². The lowest BCUT2D eigenvalue weighted by molar-refractivity contribution is -0.147. The van der Waals surface area contributed by atoms with Crippen LogP contribution in [0.1, 0.15) is 111 Å². The number of carboxylic acids is 1. The Morgan fingerprint density at radius 1 is 0.946 bits per heavy atom. The largest absolute Gasteiger partial charge is 0.480 e. The van der Waals surface area contributed by atoms with Crippen LogP contribution in [0, 0.1) is 13.8 Å². The third kappa shape index (κ3) is 5.62. The van der Waals surface area contributed by atoms with Crippen LogP contribution in [0.4, 0.5) is 0 Å². The second kappa shape index (κ2) is 11.0. The summed E-state index contributed by atoms with van der Waals surface area (Å²) in [6.45, 7) is 11.6. The molecule has 0 heterocycles. The highest BCUT2D eigenvalue weighted by Gasteiger charge is 2.37. The van der Waals surface area contributed by atoms with Crippen LogP contribution < -0.4 is 0 Å². The zero-order chi connectivity index (χ0) is 27.6. The van der Waals surface area contributed by atoms with Gasteiger partial charge in [0.2, 0.25) is 0 Å². The van der Waals surface area contributed by atoms with Gasteiger partial charge >= 0.3 is 5.97 Å². The molecule has 5 heteroatoms. The molecule has 0 radical (unpaired) electrons. The minimum Gasteiger partial charge on any atom is -0.480 e. The van der Waals surface area contributed by atoms with Crippen LogP contribution >= 0.6 is 0 Å². The number of benzene rings is 2. The van der Waals surface area contributed by atoms with Crippen molar-refractivity contribution >= 4 is 11.9 Å². The molecule has 2 aromatic carbocycles. The lowest BCUT2D eigenvalue weighted by atomic mass is 9.69. The maximum absolute atomic E-state index is 13.2. The van der Waals surface area contributed by atoms with Crippen molar-refractivity contribution in [3.05, 3.63) is 69.8 Å². The SMILES string of the molecule is CCC(CC)(c1ccc(CCC2(O)CCCC2)c(C)c1)c1ccc(C(=O)N(C)C(C)(C)C(=O)O)c(C)c1. The zero-order valence-corrected chi connectivity index (χ0v) is 23.8. The Balaban J connectivity index is 1.91. The summed E-state index contributed by atoms with van der Waals surface area (Å²) in [5.74, 6) is -1.33. The van der Waals surface area contributed by atoms with Gasteiger partial charge in [-0.05, 0) is 100 Å². The van der Waals surface area contributed by atoms with E-state index >= 15 is 0 Å². The molecule has 202 valence electrons. The van der Waals surface area contributed by atoms with E-state index in [9.17, 15) is 19.8 Å². The Labute approximate surface area is 222 Å². The Kier molecular flexibility index (Phi) is 8.58. The molecule has 1 fully saturated rings. The molecule has 0 bridgehead atoms. The zero-order valence-electron chi connectivity index (χ0n) is 23.8. The third-order valence-corrected chi connectivity index (χ3v) is 9.17. The number of aryl methyl sites for hydroxylation is 3. The second-order valence-electron chi connectivity index (χ2n) is 11.6. The second-order valence-corrected chi connectivity index (χ2v) is 11.6. The van der Waals surface area contributed by atoms with Gasteiger partial charge < -0.3 is 15.1 Å². The number of likely N-dealkylation sites (N-methyl/N-ethyl adjacent to an activating group) is 1. The van der Waals surface area contributed by atoms with E-state index in [0.29, 0.717) is 5.56 Å². The highest BCUT2D eigenvalue weighted by atomic mass is 16.4. The molecule has 0 saturated heterocycles. The monoisotopic (exact) mass is 507 g/mol. The number of hydrogen-bond donors (Lipinski definition) is 2. The van der Waals surface area contributed by atoms with Crippen molar-refractivity contribution in [1.29, 1.82) is 0 Å². The molecule has 0 unspecified atom stereocenters. The Bertz CT molecular complexity index is 1140. The molecule has 3 rings (SSSR count). The predicted octanol–water partition coefficient (Wildman–Crippen LogP) is 6.58. The van der Waals surface area contributed by atoms with Crippen LogP contribution in [0.2, 0.25) is 0 Å². The maximum Gasteiger partial charge on any atom is 0.329 e. The molecule has 1 aliphatic rings. The quantitative estimate of drug-likeness (QED) is 0.381. The van der Waals surface area contributed by atoms with Gasteiger partial charge in [-0.15, -0.1) is 0 Å². The Hall–Kier alpha value is -2.66. The van der Waals surface area contributed by atoms with Crippen molar-refractivity contribution < 1.29 is 19.8 Å². The maximum atomic E-state index is 13.2. The van der Waals surface area contributed by atoms with Gasteiger partial charge in [-0.3, -0.25) is 4.79 Å². The van der Waals surface area contributed by atoms with Crippen LogP contribution in [0.5, 0.6) is 0 Å². The summed E-state index contributed by atoms with van der Waals surface area (Å²) in [5, 5.41) is 20.3. The van der Waals surface area contributed by atoms with Crippen molar-refractivity contribution in [2.45, 2.75) is 109 Å². The smallest absolute Gasteiger partial charge is 0.329 e. The molecule has 1 amide bonds. The lowest BCUT2D eigenvalue weighted by Crippen LogP contribution is -2.50. The summed E-state index contributed by atoms with van der Waals surface area (Å²) >= 11 is 0. The van der Waals surface area contributed by atoms with Crippen molar-refractivity contribution in [3.63, 3.8) is 0 Å². The Morgan fingerprint density at radius 2 is 1.49 bits per heavy atom. The number of aliphatic hydroxyl groups is 1. The minimum absolute atomic E-state index is 0.189. The molecule has 1 aliphatic carbocycles. The van der Waals surface area contributed by atoms with Crippen molar-refractivity contribution in [2.75, 3.05) is 7.05 Å². The average molecular weight is 508 g/mol. The van der Waals surface area contributed by atoms with Crippen molar-refractivity contribution in [3.8, 4) is 0 Å². The molecular weight excluding hydrogens is 462 g/mol. The standard InChI is InChI=1S/C32H45NO4/c1-8-32(9-2,25-13-12-24(22(3)20-25)16-19-31(37)17-10-11-18-31)26-14-15-27(23(4)21-26)28(34)33(7)30(5,6)29(35)36/h12-15,20-21,37H,8-11,16-19H2,1-7H3,(H,35,36). The highest BCUT2D eigenvalue weighted by molar-refractivity contribution is 5.98. The van der Waals surface area contributed by atoms with E-state index in [4.69, 9.17) is 0 Å². The van der Waals surface area contributed by atoms with Crippen molar-refractivity contribution in [1.82, 2.24) is 4.90 Å². The van der Waals surface area contributed by atoms with Gasteiger partial charge in [0.25, 0.3) is 5.91 Å². The van der Waals surface area contributed by atoms with Gasteiger partial charge in [-0.25, -0.2) is 4.79 Å². The van der Waals surface area contributed by atoms with Crippen LogP contribution in [-0.2, 0) is 16.6 Å². The molecule has 0 spiro atoms. The first-order valence-electron chi connectivity index (χ1n) is 13.8. The van der Waals surface area contributed by atoms with E-state index in [1.54, 1.807) is 7.05 Å². The Morgan fingerprint density at radius 3 is 1.97 bits per heavy atom. The van der Waals surface area contributed by atoms with E-state index in [-0.39, 0.29) is 11.3 Å². The van der Waals surface area contributed by atoms with Gasteiger partial charge in [0.15, 0.2) is 0 Å². The average Bonchev–Trinajstić information content (AvgIpc) is 3.30. The molecule has 37 heavy (non-hydrogen) atoms. The third-order valence-electron chi connectivity index (χ3n) is 9.17. The molecular formula is C32H45NO4. The fourth-order valence-electron chi connectivity index (χ4n) is 5.94. The van der Waals surface area contributed by atoms with Gasteiger partial charge in [0.05, 0.1) is 5.60 Å². The predicted molar refractivity (Wildman–Crippen MR) is 149 cm³/mol. The fraction of sp³-hybridized carbons (Fsp3) is 0.562. The summed E-state index contributed by atoms with van der Waals surface area (Å²) in [6.07, 6.45) is 7.64. The molecule has 2 aromatic rings. The first kappa shape index (κ1) is 28.9. The molecule has 1 saturated carbocycles. The van der Waals surface area contributed by atoms with Gasteiger partial charge in [-0.2, -0.15) is 0 Å². The van der Waals surface area contributed by atoms with Crippen LogP contribution in [-0.4, -0.2) is 45.2 Å². The molecule has 2 N–H and O–H groups in total. The van der Waals surface area contributed by atoms with Crippen LogP contribution in [0.25, 0.3) is 0 Å². The number of nitrogens with zero attached hydrogens (tertiary/aromatic N) is 1. The van der Waals surface area contributed by atoms with Crippen LogP contribution in [0.3, 0.4) is 0 Å². The van der Waals surface area contributed by atoms with E-state index in [1.165, 1.54) is 41.0 Å². The normalized spacial score (nSPS) is 15.6. The van der Waals surface area contributed by atoms with E-state index in [2.05, 4.69) is 45.0 Å². The summed E-state index contributed by atoms with van der Waals surface area (Å²) in [4.78, 5) is 26.2. The number of aliphatic carboxylic acids is 1. The number of carbonyl (C=O) groups is 2. The van der Waals surface area contributed by atoms with Gasteiger partial charge in [-0.1, -0.05) is 57.0 Å². The molecule has 0 atom stereocenters.